The summed E-state index contributed by atoms with van der Waals surface area (Å²) in [7, 11) is -3.54. The monoisotopic (exact) mass is 372 g/mol. The molecule has 0 saturated heterocycles. The third kappa shape index (κ3) is 2.18. The number of thiophene rings is 1. The van der Waals surface area contributed by atoms with Gasteiger partial charge in [0.05, 0.1) is 5.69 Å². The maximum absolute atomic E-state index is 12.8. The summed E-state index contributed by atoms with van der Waals surface area (Å²) in [5.41, 5.74) is 7.64. The van der Waals surface area contributed by atoms with Crippen LogP contribution in [0.1, 0.15) is 18.0 Å². The van der Waals surface area contributed by atoms with Crippen LogP contribution in [-0.4, -0.2) is 15.0 Å². The summed E-state index contributed by atoms with van der Waals surface area (Å²) in [6.45, 7) is 0.408. The van der Waals surface area contributed by atoms with Crippen LogP contribution in [0.3, 0.4) is 0 Å². The first-order chi connectivity index (χ1) is 9.51. The first-order valence-corrected chi connectivity index (χ1v) is 9.23. The van der Waals surface area contributed by atoms with Crippen LogP contribution in [0.15, 0.2) is 44.4 Å². The molecule has 2 aromatic rings. The zero-order valence-electron chi connectivity index (χ0n) is 10.5. The number of anilines is 1. The number of para-hydroxylation sites is 1. The lowest BCUT2D eigenvalue weighted by Crippen LogP contribution is -2.38. The average Bonchev–Trinajstić information content (AvgIpc) is 2.86. The first kappa shape index (κ1) is 14.1. The van der Waals surface area contributed by atoms with E-state index in [1.165, 1.54) is 15.6 Å². The highest BCUT2D eigenvalue weighted by Gasteiger charge is 2.33. The molecular weight excluding hydrogens is 360 g/mol. The third-order valence-electron chi connectivity index (χ3n) is 3.36. The zero-order valence-corrected chi connectivity index (χ0v) is 13.7. The highest BCUT2D eigenvalue weighted by Crippen LogP contribution is 2.38. The smallest absolute Gasteiger partial charge is 0.274 e. The molecule has 0 radical (unpaired) electrons. The molecule has 1 aliphatic heterocycles. The highest BCUT2D eigenvalue weighted by atomic mass is 79.9. The van der Waals surface area contributed by atoms with Gasteiger partial charge in [0, 0.05) is 17.1 Å². The molecule has 20 heavy (non-hydrogen) atoms. The summed E-state index contributed by atoms with van der Waals surface area (Å²) >= 11 is 4.52. The van der Waals surface area contributed by atoms with Gasteiger partial charge in [0.15, 0.2) is 4.21 Å². The van der Waals surface area contributed by atoms with Crippen molar-refractivity contribution >= 4 is 43.0 Å². The Morgan fingerprint density at radius 3 is 2.75 bits per heavy atom. The number of fused-ring (bicyclic) bond motifs is 1. The van der Waals surface area contributed by atoms with E-state index in [1.54, 1.807) is 11.4 Å². The molecule has 0 fully saturated rings. The van der Waals surface area contributed by atoms with Gasteiger partial charge < -0.3 is 5.73 Å². The minimum atomic E-state index is -3.54. The number of hydrogen-bond donors (Lipinski definition) is 1. The number of sulfonamides is 1. The molecule has 2 heterocycles. The van der Waals surface area contributed by atoms with E-state index in [0.29, 0.717) is 27.3 Å². The Kier molecular flexibility index (Phi) is 3.62. The van der Waals surface area contributed by atoms with E-state index in [-0.39, 0.29) is 6.04 Å². The molecule has 3 rings (SSSR count). The Labute approximate surface area is 130 Å². The second-order valence-corrected chi connectivity index (χ2v) is 8.42. The number of halogens is 1. The van der Waals surface area contributed by atoms with Crippen molar-refractivity contribution in [2.24, 2.45) is 5.73 Å². The fourth-order valence-electron chi connectivity index (χ4n) is 2.37. The molecule has 2 N–H and O–H groups in total. The summed E-state index contributed by atoms with van der Waals surface area (Å²) < 4.78 is 28.0. The lowest BCUT2D eigenvalue weighted by molar-refractivity contribution is 0.576. The van der Waals surface area contributed by atoms with Gasteiger partial charge in [-0.05, 0) is 45.4 Å². The van der Waals surface area contributed by atoms with E-state index in [0.717, 1.165) is 5.56 Å². The SMILES string of the molecule is NC1CCN(S(=O)(=O)c2sccc2Br)c2ccccc21. The molecule has 0 aliphatic carbocycles. The van der Waals surface area contributed by atoms with Crippen molar-refractivity contribution in [3.63, 3.8) is 0 Å². The van der Waals surface area contributed by atoms with Crippen molar-refractivity contribution in [3.05, 3.63) is 45.7 Å². The Morgan fingerprint density at radius 2 is 2.05 bits per heavy atom. The van der Waals surface area contributed by atoms with Gasteiger partial charge in [0.25, 0.3) is 10.0 Å². The Morgan fingerprint density at radius 1 is 1.30 bits per heavy atom. The van der Waals surface area contributed by atoms with Crippen LogP contribution < -0.4 is 10.0 Å². The molecule has 106 valence electrons. The lowest BCUT2D eigenvalue weighted by atomic mass is 9.99. The molecule has 0 saturated carbocycles. The standard InChI is InChI=1S/C13H13BrN2O2S2/c14-10-6-8-19-13(10)20(17,18)16-7-5-11(15)9-3-1-2-4-12(9)16/h1-4,6,8,11H,5,7,15H2. The van der Waals surface area contributed by atoms with Crippen molar-refractivity contribution in [1.82, 2.24) is 0 Å². The molecule has 4 nitrogen and oxygen atoms in total. The van der Waals surface area contributed by atoms with E-state index < -0.39 is 10.0 Å². The molecule has 1 aromatic heterocycles. The molecule has 0 bridgehead atoms. The summed E-state index contributed by atoms with van der Waals surface area (Å²) in [4.78, 5) is 0. The minimum absolute atomic E-state index is 0.107. The van der Waals surface area contributed by atoms with Crippen molar-refractivity contribution in [1.29, 1.82) is 0 Å². The Hall–Kier alpha value is -0.890. The van der Waals surface area contributed by atoms with E-state index >= 15 is 0 Å². The predicted octanol–water partition coefficient (Wildman–Crippen LogP) is 3.11. The summed E-state index contributed by atoms with van der Waals surface area (Å²) in [5, 5.41) is 1.76. The van der Waals surface area contributed by atoms with Crippen molar-refractivity contribution in [2.45, 2.75) is 16.7 Å². The molecule has 0 spiro atoms. The quantitative estimate of drug-likeness (QED) is 0.880. The highest BCUT2D eigenvalue weighted by molar-refractivity contribution is 9.10. The van der Waals surface area contributed by atoms with Crippen LogP contribution in [0.25, 0.3) is 0 Å². The molecule has 7 heteroatoms. The number of benzene rings is 1. The van der Waals surface area contributed by atoms with E-state index in [1.807, 2.05) is 24.3 Å². The number of hydrogen-bond acceptors (Lipinski definition) is 4. The first-order valence-electron chi connectivity index (χ1n) is 6.12. The van der Waals surface area contributed by atoms with Crippen LogP contribution >= 0.6 is 27.3 Å². The van der Waals surface area contributed by atoms with Gasteiger partial charge in [-0.25, -0.2) is 8.42 Å². The lowest BCUT2D eigenvalue weighted by Gasteiger charge is -2.33. The summed E-state index contributed by atoms with van der Waals surface area (Å²) in [5.74, 6) is 0. The van der Waals surface area contributed by atoms with Gasteiger partial charge >= 0.3 is 0 Å². The van der Waals surface area contributed by atoms with E-state index in [4.69, 9.17) is 5.73 Å². The number of nitrogens with two attached hydrogens (primary N) is 1. The largest absolute Gasteiger partial charge is 0.324 e. The van der Waals surface area contributed by atoms with Gasteiger partial charge in [-0.1, -0.05) is 18.2 Å². The molecule has 1 atom stereocenters. The van der Waals surface area contributed by atoms with Gasteiger partial charge in [-0.15, -0.1) is 11.3 Å². The van der Waals surface area contributed by atoms with Crippen molar-refractivity contribution < 1.29 is 8.42 Å². The van der Waals surface area contributed by atoms with E-state index in [9.17, 15) is 8.42 Å². The molecule has 1 unspecified atom stereocenters. The number of rotatable bonds is 2. The fraction of sp³-hybridized carbons (Fsp3) is 0.231. The normalized spacial score (nSPS) is 18.9. The van der Waals surface area contributed by atoms with Gasteiger partial charge in [-0.3, -0.25) is 4.31 Å². The maximum atomic E-state index is 12.8. The van der Waals surface area contributed by atoms with Crippen molar-refractivity contribution in [3.8, 4) is 0 Å². The fourth-order valence-corrected chi connectivity index (χ4v) is 6.29. The third-order valence-corrected chi connectivity index (χ3v) is 7.82. The van der Waals surface area contributed by atoms with Gasteiger partial charge in [0.1, 0.15) is 0 Å². The predicted molar refractivity (Wildman–Crippen MR) is 84.5 cm³/mol. The van der Waals surface area contributed by atoms with Gasteiger partial charge in [0.2, 0.25) is 0 Å². The topological polar surface area (TPSA) is 63.4 Å². The number of nitrogens with zero attached hydrogens (tertiary/aromatic N) is 1. The molecule has 1 aliphatic rings. The van der Waals surface area contributed by atoms with Crippen LogP contribution in [0.5, 0.6) is 0 Å². The van der Waals surface area contributed by atoms with Crippen molar-refractivity contribution in [2.75, 3.05) is 10.8 Å². The van der Waals surface area contributed by atoms with E-state index in [2.05, 4.69) is 15.9 Å². The molecule has 0 amide bonds. The second-order valence-electron chi connectivity index (χ2n) is 4.59. The van der Waals surface area contributed by atoms with Gasteiger partial charge in [-0.2, -0.15) is 0 Å². The summed E-state index contributed by atoms with van der Waals surface area (Å²) in [6.07, 6.45) is 0.624. The average molecular weight is 373 g/mol. The minimum Gasteiger partial charge on any atom is -0.324 e. The van der Waals surface area contributed by atoms with Crippen LogP contribution in [0, 0.1) is 0 Å². The van der Waals surface area contributed by atoms with Crippen LogP contribution in [-0.2, 0) is 10.0 Å². The molecule has 1 aromatic carbocycles. The summed E-state index contributed by atoms with van der Waals surface area (Å²) in [6, 6.07) is 9.07. The zero-order chi connectivity index (χ0) is 14.3. The van der Waals surface area contributed by atoms with Crippen LogP contribution in [0.2, 0.25) is 0 Å². The Bertz CT molecular complexity index is 742. The van der Waals surface area contributed by atoms with Crippen LogP contribution in [0.4, 0.5) is 5.69 Å². The Balaban J connectivity index is 2.13. The molecular formula is C13H13BrN2O2S2. The maximum Gasteiger partial charge on any atom is 0.274 e. The second kappa shape index (κ2) is 5.14.